The average molecular weight is 566 g/mol. The molecule has 1 saturated heterocycles. The molecule has 6 nitrogen and oxygen atoms in total. The van der Waals surface area contributed by atoms with E-state index in [1.165, 1.54) is 15.7 Å². The van der Waals surface area contributed by atoms with Gasteiger partial charge in [-0.3, -0.25) is 19.8 Å². The molecule has 1 aliphatic carbocycles. The number of ether oxygens (including phenoxy) is 1. The second-order valence-corrected chi connectivity index (χ2v) is 9.75. The maximum Gasteiger partial charge on any atom is 0.331 e. The van der Waals surface area contributed by atoms with E-state index in [2.05, 4.69) is 58.2 Å². The lowest BCUT2D eigenvalue weighted by molar-refractivity contribution is -0.131. The summed E-state index contributed by atoms with van der Waals surface area (Å²) >= 11 is 2.18. The van der Waals surface area contributed by atoms with E-state index < -0.39 is 17.8 Å². The highest BCUT2D eigenvalue weighted by atomic mass is 127. The van der Waals surface area contributed by atoms with Gasteiger partial charge in [-0.2, -0.15) is 0 Å². The summed E-state index contributed by atoms with van der Waals surface area (Å²) in [6, 6.07) is 19.2. The summed E-state index contributed by atoms with van der Waals surface area (Å²) in [6.45, 7) is 0.431. The van der Waals surface area contributed by atoms with E-state index in [0.717, 1.165) is 40.6 Å². The van der Waals surface area contributed by atoms with Crippen molar-refractivity contribution in [1.82, 2.24) is 10.2 Å². The van der Waals surface area contributed by atoms with Crippen LogP contribution < -0.4 is 10.1 Å². The van der Waals surface area contributed by atoms with Crippen LogP contribution in [0.15, 0.2) is 66.2 Å². The molecule has 172 valence electrons. The van der Waals surface area contributed by atoms with E-state index in [1.54, 1.807) is 6.08 Å². The molecule has 0 spiro atoms. The van der Waals surface area contributed by atoms with Gasteiger partial charge in [-0.05, 0) is 81.6 Å². The Morgan fingerprint density at radius 3 is 2.50 bits per heavy atom. The van der Waals surface area contributed by atoms with Crippen molar-refractivity contribution in [3.05, 3.63) is 80.9 Å². The van der Waals surface area contributed by atoms with Crippen LogP contribution in [0.3, 0.4) is 0 Å². The minimum Gasteiger partial charge on any atom is -0.488 e. The molecule has 1 heterocycles. The topological polar surface area (TPSA) is 75.7 Å². The van der Waals surface area contributed by atoms with Crippen molar-refractivity contribution in [3.63, 3.8) is 0 Å². The van der Waals surface area contributed by atoms with E-state index in [0.29, 0.717) is 12.2 Å². The van der Waals surface area contributed by atoms with Gasteiger partial charge in [-0.25, -0.2) is 4.79 Å². The fourth-order valence-corrected chi connectivity index (χ4v) is 5.24. The maximum absolute atomic E-state index is 13.0. The Morgan fingerprint density at radius 1 is 0.971 bits per heavy atom. The molecule has 0 atom stereocenters. The van der Waals surface area contributed by atoms with Crippen molar-refractivity contribution in [2.75, 3.05) is 0 Å². The molecule has 2 fully saturated rings. The molecule has 1 aliphatic heterocycles. The molecule has 0 radical (unpaired) electrons. The van der Waals surface area contributed by atoms with Crippen LogP contribution in [0, 0.1) is 3.57 Å². The summed E-state index contributed by atoms with van der Waals surface area (Å²) in [6.07, 6.45) is 5.06. The normalized spacial score (nSPS) is 18.1. The second kappa shape index (κ2) is 9.58. The number of benzene rings is 3. The fraction of sp³-hybridized carbons (Fsp3) is 0.222. The van der Waals surface area contributed by atoms with E-state index in [-0.39, 0.29) is 11.6 Å². The Hall–Kier alpha value is -3.20. The van der Waals surface area contributed by atoms with Gasteiger partial charge in [0, 0.05) is 6.04 Å². The molecular formula is C27H23IN2O4. The number of nitrogens with one attached hydrogen (secondary N) is 1. The van der Waals surface area contributed by atoms with Gasteiger partial charge in [-0.15, -0.1) is 0 Å². The van der Waals surface area contributed by atoms with E-state index in [4.69, 9.17) is 4.74 Å². The van der Waals surface area contributed by atoms with Gasteiger partial charge in [0.25, 0.3) is 11.8 Å². The van der Waals surface area contributed by atoms with Crippen LogP contribution in [0.4, 0.5) is 4.79 Å². The first kappa shape index (κ1) is 22.6. The Morgan fingerprint density at radius 2 is 1.74 bits per heavy atom. The molecule has 34 heavy (non-hydrogen) atoms. The van der Waals surface area contributed by atoms with Crippen molar-refractivity contribution >= 4 is 57.3 Å². The van der Waals surface area contributed by atoms with Crippen LogP contribution in [0.5, 0.6) is 5.75 Å². The summed E-state index contributed by atoms with van der Waals surface area (Å²) in [5.41, 5.74) is 1.75. The lowest BCUT2D eigenvalue weighted by Gasteiger charge is -2.31. The summed E-state index contributed by atoms with van der Waals surface area (Å²) < 4.78 is 6.89. The zero-order valence-electron chi connectivity index (χ0n) is 18.4. The van der Waals surface area contributed by atoms with Crippen molar-refractivity contribution in [3.8, 4) is 5.75 Å². The van der Waals surface area contributed by atoms with E-state index >= 15 is 0 Å². The number of hydrogen-bond donors (Lipinski definition) is 1. The number of urea groups is 1. The van der Waals surface area contributed by atoms with E-state index in [9.17, 15) is 14.4 Å². The molecule has 0 aromatic heterocycles. The predicted octanol–water partition coefficient (Wildman–Crippen LogP) is 5.43. The van der Waals surface area contributed by atoms with Crippen LogP contribution >= 0.6 is 22.6 Å². The maximum atomic E-state index is 13.0. The molecule has 3 aromatic carbocycles. The standard InChI is InChI=1S/C27H23IN2O4/c28-23-15-17(14-22-25(31)29-27(33)30(26(22)32)21-7-3-4-8-21)10-12-24(23)34-16-18-9-11-19-5-1-2-6-20(19)13-18/h1-2,5-6,9-15,21H,3-4,7-8,16H2,(H,29,31,33)/b22-14+. The zero-order valence-corrected chi connectivity index (χ0v) is 20.6. The van der Waals surface area contributed by atoms with Crippen molar-refractivity contribution in [2.45, 2.75) is 38.3 Å². The highest BCUT2D eigenvalue weighted by molar-refractivity contribution is 14.1. The number of nitrogens with zero attached hydrogens (tertiary/aromatic N) is 1. The molecule has 7 heteroatoms. The largest absolute Gasteiger partial charge is 0.488 e. The number of fused-ring (bicyclic) bond motifs is 1. The third-order valence-electron chi connectivity index (χ3n) is 6.30. The second-order valence-electron chi connectivity index (χ2n) is 8.59. The molecule has 1 N–H and O–H groups in total. The lowest BCUT2D eigenvalue weighted by atomic mass is 10.1. The van der Waals surface area contributed by atoms with Crippen LogP contribution in [0.2, 0.25) is 0 Å². The van der Waals surface area contributed by atoms with Crippen LogP contribution in [0.25, 0.3) is 16.8 Å². The number of carbonyl (C=O) groups excluding carboxylic acids is 3. The van der Waals surface area contributed by atoms with Gasteiger partial charge in [0.1, 0.15) is 17.9 Å². The number of rotatable bonds is 5. The monoisotopic (exact) mass is 566 g/mol. The molecule has 4 amide bonds. The third kappa shape index (κ3) is 4.57. The van der Waals surface area contributed by atoms with Crippen molar-refractivity contribution in [2.24, 2.45) is 0 Å². The van der Waals surface area contributed by atoms with Gasteiger partial charge >= 0.3 is 6.03 Å². The SMILES string of the molecule is O=C1NC(=O)N(C2CCCC2)C(=O)/C1=C/c1ccc(OCc2ccc3ccccc3c2)c(I)c1. The number of barbiturate groups is 1. The van der Waals surface area contributed by atoms with Crippen LogP contribution in [0.1, 0.15) is 36.8 Å². The third-order valence-corrected chi connectivity index (χ3v) is 7.14. The van der Waals surface area contributed by atoms with Gasteiger partial charge in [-0.1, -0.05) is 55.3 Å². The van der Waals surface area contributed by atoms with Gasteiger partial charge < -0.3 is 4.74 Å². The summed E-state index contributed by atoms with van der Waals surface area (Å²) in [5, 5.41) is 4.67. The van der Waals surface area contributed by atoms with Gasteiger partial charge in [0.05, 0.1) is 3.57 Å². The number of halogens is 1. The minimum absolute atomic E-state index is 0.0212. The van der Waals surface area contributed by atoms with Crippen molar-refractivity contribution in [1.29, 1.82) is 0 Å². The molecule has 5 rings (SSSR count). The molecule has 2 aliphatic rings. The number of carbonyl (C=O) groups is 3. The average Bonchev–Trinajstić information content (AvgIpc) is 3.35. The van der Waals surface area contributed by atoms with Crippen LogP contribution in [-0.4, -0.2) is 28.8 Å². The van der Waals surface area contributed by atoms with Gasteiger partial charge in [0.15, 0.2) is 0 Å². The highest BCUT2D eigenvalue weighted by Crippen LogP contribution is 2.29. The first-order chi connectivity index (χ1) is 16.5. The number of hydrogen-bond acceptors (Lipinski definition) is 4. The first-order valence-electron chi connectivity index (χ1n) is 11.3. The smallest absolute Gasteiger partial charge is 0.331 e. The predicted molar refractivity (Wildman–Crippen MR) is 138 cm³/mol. The summed E-state index contributed by atoms with van der Waals surface area (Å²) in [5.74, 6) is -0.457. The molecule has 1 saturated carbocycles. The molecular weight excluding hydrogens is 543 g/mol. The first-order valence-corrected chi connectivity index (χ1v) is 12.4. The summed E-state index contributed by atoms with van der Waals surface area (Å²) in [4.78, 5) is 38.9. The minimum atomic E-state index is -0.657. The Kier molecular flexibility index (Phi) is 6.36. The summed E-state index contributed by atoms with van der Waals surface area (Å²) in [7, 11) is 0. The quantitative estimate of drug-likeness (QED) is 0.254. The Bertz CT molecular complexity index is 1330. The van der Waals surface area contributed by atoms with E-state index in [1.807, 2.05) is 30.3 Å². The fourth-order valence-electron chi connectivity index (χ4n) is 4.55. The molecule has 0 bridgehead atoms. The van der Waals surface area contributed by atoms with Gasteiger partial charge in [0.2, 0.25) is 0 Å². The van der Waals surface area contributed by atoms with Crippen LogP contribution in [-0.2, 0) is 16.2 Å². The number of imide groups is 2. The Balaban J connectivity index is 1.32. The Labute approximate surface area is 211 Å². The number of amides is 4. The highest BCUT2D eigenvalue weighted by Gasteiger charge is 2.40. The molecule has 3 aromatic rings. The lowest BCUT2D eigenvalue weighted by Crippen LogP contribution is -2.57. The van der Waals surface area contributed by atoms with Crippen molar-refractivity contribution < 1.29 is 19.1 Å². The molecule has 0 unspecified atom stereocenters. The zero-order chi connectivity index (χ0) is 23.7.